The summed E-state index contributed by atoms with van der Waals surface area (Å²) in [4.78, 5) is 0. The SMILES string of the molecule is COc1ccc(CN/N=C\c2cc(C)n(C3CCCCC3)c2C)cc1OC. The van der Waals surface area contributed by atoms with Gasteiger partial charge in [-0.05, 0) is 50.5 Å². The number of benzene rings is 1. The number of hydrazone groups is 1. The Balaban J connectivity index is 1.63. The van der Waals surface area contributed by atoms with Gasteiger partial charge in [0.1, 0.15) is 0 Å². The van der Waals surface area contributed by atoms with E-state index in [1.165, 1.54) is 49.1 Å². The number of aryl methyl sites for hydroxylation is 1. The van der Waals surface area contributed by atoms with Crippen molar-refractivity contribution in [2.45, 2.75) is 58.5 Å². The van der Waals surface area contributed by atoms with Gasteiger partial charge in [-0.15, -0.1) is 0 Å². The molecular formula is C22H31N3O2. The fourth-order valence-corrected chi connectivity index (χ4v) is 4.08. The van der Waals surface area contributed by atoms with Gasteiger partial charge in [0.2, 0.25) is 0 Å². The van der Waals surface area contributed by atoms with Gasteiger partial charge in [-0.3, -0.25) is 0 Å². The van der Waals surface area contributed by atoms with Crippen molar-refractivity contribution in [1.29, 1.82) is 0 Å². The summed E-state index contributed by atoms with van der Waals surface area (Å²) < 4.78 is 13.1. The molecule has 0 unspecified atom stereocenters. The van der Waals surface area contributed by atoms with Crippen molar-refractivity contribution >= 4 is 6.21 Å². The van der Waals surface area contributed by atoms with Crippen molar-refractivity contribution in [2.24, 2.45) is 5.10 Å². The Kier molecular flexibility index (Phi) is 6.43. The third-order valence-corrected chi connectivity index (χ3v) is 5.49. The molecule has 1 fully saturated rings. The monoisotopic (exact) mass is 369 g/mol. The van der Waals surface area contributed by atoms with Crippen LogP contribution in [0.5, 0.6) is 11.5 Å². The molecule has 146 valence electrons. The van der Waals surface area contributed by atoms with E-state index in [9.17, 15) is 0 Å². The number of aromatic nitrogens is 1. The molecular weight excluding hydrogens is 338 g/mol. The number of ether oxygens (including phenoxy) is 2. The first-order valence-electron chi connectivity index (χ1n) is 9.79. The molecule has 27 heavy (non-hydrogen) atoms. The Morgan fingerprint density at radius 3 is 2.52 bits per heavy atom. The van der Waals surface area contributed by atoms with Gasteiger partial charge < -0.3 is 19.5 Å². The number of hydrogen-bond donors (Lipinski definition) is 1. The van der Waals surface area contributed by atoms with Crippen LogP contribution in [0.2, 0.25) is 0 Å². The number of nitrogens with one attached hydrogen (secondary N) is 1. The summed E-state index contributed by atoms with van der Waals surface area (Å²) in [5.74, 6) is 1.47. The Morgan fingerprint density at radius 2 is 1.81 bits per heavy atom. The molecule has 1 aliphatic carbocycles. The molecule has 0 radical (unpaired) electrons. The van der Waals surface area contributed by atoms with Crippen LogP contribution in [-0.4, -0.2) is 25.0 Å². The Hall–Kier alpha value is -2.43. The smallest absolute Gasteiger partial charge is 0.161 e. The van der Waals surface area contributed by atoms with Crippen molar-refractivity contribution < 1.29 is 9.47 Å². The summed E-state index contributed by atoms with van der Waals surface area (Å²) in [6, 6.07) is 8.79. The van der Waals surface area contributed by atoms with Crippen LogP contribution in [-0.2, 0) is 6.54 Å². The second kappa shape index (κ2) is 8.98. The second-order valence-corrected chi connectivity index (χ2v) is 7.27. The van der Waals surface area contributed by atoms with Crippen LogP contribution < -0.4 is 14.9 Å². The van der Waals surface area contributed by atoms with Crippen molar-refractivity contribution in [3.8, 4) is 11.5 Å². The van der Waals surface area contributed by atoms with E-state index in [4.69, 9.17) is 9.47 Å². The first-order valence-corrected chi connectivity index (χ1v) is 9.79. The predicted molar refractivity (Wildman–Crippen MR) is 110 cm³/mol. The quantitative estimate of drug-likeness (QED) is 0.566. The van der Waals surface area contributed by atoms with Gasteiger partial charge >= 0.3 is 0 Å². The zero-order valence-corrected chi connectivity index (χ0v) is 16.9. The molecule has 0 bridgehead atoms. The van der Waals surface area contributed by atoms with Crippen LogP contribution in [0.15, 0.2) is 29.4 Å². The molecule has 0 saturated heterocycles. The van der Waals surface area contributed by atoms with Gasteiger partial charge in [-0.25, -0.2) is 0 Å². The highest BCUT2D eigenvalue weighted by atomic mass is 16.5. The summed E-state index contributed by atoms with van der Waals surface area (Å²) in [6.07, 6.45) is 8.59. The van der Waals surface area contributed by atoms with Crippen LogP contribution >= 0.6 is 0 Å². The molecule has 0 atom stereocenters. The van der Waals surface area contributed by atoms with E-state index in [1.807, 2.05) is 24.4 Å². The first kappa shape index (κ1) is 19.3. The van der Waals surface area contributed by atoms with Gasteiger partial charge in [0.15, 0.2) is 11.5 Å². The number of hydrogen-bond acceptors (Lipinski definition) is 4. The molecule has 0 aliphatic heterocycles. The predicted octanol–water partition coefficient (Wildman–Crippen LogP) is 4.75. The molecule has 1 saturated carbocycles. The van der Waals surface area contributed by atoms with Crippen molar-refractivity contribution in [2.75, 3.05) is 14.2 Å². The molecule has 0 amide bonds. The van der Waals surface area contributed by atoms with E-state index in [0.29, 0.717) is 12.6 Å². The van der Waals surface area contributed by atoms with Crippen LogP contribution in [0.3, 0.4) is 0 Å². The average molecular weight is 370 g/mol. The van der Waals surface area contributed by atoms with E-state index in [2.05, 4.69) is 35.0 Å². The second-order valence-electron chi connectivity index (χ2n) is 7.27. The third kappa shape index (κ3) is 4.46. The van der Waals surface area contributed by atoms with E-state index in [1.54, 1.807) is 14.2 Å². The topological polar surface area (TPSA) is 47.8 Å². The Labute approximate surface area is 162 Å². The van der Waals surface area contributed by atoms with Gasteiger partial charge in [0, 0.05) is 23.0 Å². The third-order valence-electron chi connectivity index (χ3n) is 5.49. The molecule has 1 N–H and O–H groups in total. The summed E-state index contributed by atoms with van der Waals surface area (Å²) >= 11 is 0. The van der Waals surface area contributed by atoms with E-state index in [-0.39, 0.29) is 0 Å². The minimum atomic E-state index is 0.637. The van der Waals surface area contributed by atoms with E-state index >= 15 is 0 Å². The molecule has 3 rings (SSSR count). The van der Waals surface area contributed by atoms with Crippen LogP contribution in [0, 0.1) is 13.8 Å². The van der Waals surface area contributed by atoms with Crippen molar-refractivity contribution in [3.63, 3.8) is 0 Å². The van der Waals surface area contributed by atoms with Crippen LogP contribution in [0.25, 0.3) is 0 Å². The number of methoxy groups -OCH3 is 2. The van der Waals surface area contributed by atoms with Gasteiger partial charge in [-0.1, -0.05) is 25.3 Å². The zero-order chi connectivity index (χ0) is 19.2. The Morgan fingerprint density at radius 1 is 1.07 bits per heavy atom. The molecule has 1 heterocycles. The molecule has 2 aromatic rings. The van der Waals surface area contributed by atoms with Gasteiger partial charge in [-0.2, -0.15) is 5.10 Å². The summed E-state index contributed by atoms with van der Waals surface area (Å²) in [6.45, 7) is 5.05. The van der Waals surface area contributed by atoms with Gasteiger partial charge in [0.05, 0.1) is 27.0 Å². The fourth-order valence-electron chi connectivity index (χ4n) is 4.08. The molecule has 1 aliphatic rings. The maximum atomic E-state index is 5.35. The first-order chi connectivity index (χ1) is 13.1. The maximum absolute atomic E-state index is 5.35. The molecule has 0 spiro atoms. The highest BCUT2D eigenvalue weighted by Crippen LogP contribution is 2.32. The van der Waals surface area contributed by atoms with Crippen LogP contribution in [0.1, 0.15) is 60.7 Å². The van der Waals surface area contributed by atoms with Crippen molar-refractivity contribution in [1.82, 2.24) is 9.99 Å². The maximum Gasteiger partial charge on any atom is 0.161 e. The van der Waals surface area contributed by atoms with E-state index in [0.717, 1.165) is 17.1 Å². The van der Waals surface area contributed by atoms with Crippen molar-refractivity contribution in [3.05, 3.63) is 46.8 Å². The molecule has 5 heteroatoms. The minimum absolute atomic E-state index is 0.637. The lowest BCUT2D eigenvalue weighted by atomic mass is 9.95. The highest BCUT2D eigenvalue weighted by molar-refractivity contribution is 5.81. The average Bonchev–Trinajstić information content (AvgIpc) is 2.99. The number of rotatable bonds is 7. The molecule has 1 aromatic heterocycles. The lowest BCUT2D eigenvalue weighted by Crippen LogP contribution is -2.15. The number of nitrogens with zero attached hydrogens (tertiary/aromatic N) is 2. The largest absolute Gasteiger partial charge is 0.493 e. The molecule has 1 aromatic carbocycles. The highest BCUT2D eigenvalue weighted by Gasteiger charge is 2.19. The summed E-state index contributed by atoms with van der Waals surface area (Å²) in [5.41, 5.74) is 8.08. The van der Waals surface area contributed by atoms with E-state index < -0.39 is 0 Å². The fraction of sp³-hybridized carbons (Fsp3) is 0.500. The normalized spacial score (nSPS) is 15.3. The van der Waals surface area contributed by atoms with Crippen LogP contribution in [0.4, 0.5) is 0 Å². The minimum Gasteiger partial charge on any atom is -0.493 e. The van der Waals surface area contributed by atoms with Gasteiger partial charge in [0.25, 0.3) is 0 Å². The molecule has 5 nitrogen and oxygen atoms in total. The lowest BCUT2D eigenvalue weighted by Gasteiger charge is -2.26. The summed E-state index contributed by atoms with van der Waals surface area (Å²) in [5, 5.41) is 4.43. The summed E-state index contributed by atoms with van der Waals surface area (Å²) in [7, 11) is 3.29. The Bertz CT molecular complexity index is 789. The standard InChI is InChI=1S/C22H31N3O2/c1-16-12-19(17(2)25(16)20-8-6-5-7-9-20)15-24-23-14-18-10-11-21(26-3)22(13-18)27-4/h10-13,15,20,23H,5-9,14H2,1-4H3/b24-15-. The lowest BCUT2D eigenvalue weighted by molar-refractivity contribution is 0.346. The zero-order valence-electron chi connectivity index (χ0n) is 16.9.